The Morgan fingerprint density at radius 1 is 0.295 bits per heavy atom. The first-order chi connectivity index (χ1) is 30.2. The molecule has 14 rings (SSSR count). The third-order valence-electron chi connectivity index (χ3n) is 13.4. The summed E-state index contributed by atoms with van der Waals surface area (Å²) in [6.45, 7) is 0. The number of para-hydroxylation sites is 1. The van der Waals surface area contributed by atoms with Crippen molar-refractivity contribution in [2.24, 2.45) is 0 Å². The topological polar surface area (TPSA) is 17.8 Å². The van der Waals surface area contributed by atoms with Gasteiger partial charge in [0.05, 0.1) is 11.0 Å². The lowest BCUT2D eigenvalue weighted by atomic mass is 9.87. The summed E-state index contributed by atoms with van der Waals surface area (Å²) in [5, 5.41) is 20.3. The predicted molar refractivity (Wildman–Crippen MR) is 260 cm³/mol. The molecule has 1 aromatic heterocycles. The van der Waals surface area contributed by atoms with Crippen LogP contribution in [0.15, 0.2) is 206 Å². The Labute approximate surface area is 350 Å². The van der Waals surface area contributed by atoms with Gasteiger partial charge in [-0.3, -0.25) is 4.57 Å². The van der Waals surface area contributed by atoms with Crippen molar-refractivity contribution in [3.63, 3.8) is 0 Å². The molecule has 0 bridgehead atoms. The minimum atomic E-state index is 0.933. The molecule has 2 nitrogen and oxygen atoms in total. The van der Waals surface area contributed by atoms with Crippen molar-refractivity contribution in [2.75, 3.05) is 0 Å². The minimum Gasteiger partial charge on any atom is -0.292 e. The van der Waals surface area contributed by atoms with Crippen LogP contribution in [0, 0.1) is 0 Å². The lowest BCUT2D eigenvalue weighted by Crippen LogP contribution is -1.98. The van der Waals surface area contributed by atoms with Gasteiger partial charge in [-0.2, -0.15) is 0 Å². The van der Waals surface area contributed by atoms with Crippen molar-refractivity contribution < 1.29 is 0 Å². The average molecular weight is 771 g/mol. The molecule has 0 aliphatic carbocycles. The number of hydrogen-bond donors (Lipinski definition) is 0. The van der Waals surface area contributed by atoms with Crippen molar-refractivity contribution in [2.45, 2.75) is 0 Å². The molecule has 0 N–H and O–H groups in total. The highest BCUT2D eigenvalue weighted by atomic mass is 15.1. The van der Waals surface area contributed by atoms with Crippen LogP contribution in [0.1, 0.15) is 0 Å². The van der Waals surface area contributed by atoms with Gasteiger partial charge in [0.15, 0.2) is 0 Å². The summed E-state index contributed by atoms with van der Waals surface area (Å²) >= 11 is 0. The molecule has 2 heteroatoms. The largest absolute Gasteiger partial charge is 0.292 e. The van der Waals surface area contributed by atoms with Crippen LogP contribution in [0.5, 0.6) is 0 Å². The van der Waals surface area contributed by atoms with E-state index < -0.39 is 0 Å². The van der Waals surface area contributed by atoms with E-state index in [1.807, 2.05) is 0 Å². The van der Waals surface area contributed by atoms with Gasteiger partial charge in [0.1, 0.15) is 5.82 Å². The van der Waals surface area contributed by atoms with E-state index in [1.54, 1.807) is 0 Å². The van der Waals surface area contributed by atoms with Gasteiger partial charge in [-0.25, -0.2) is 4.98 Å². The maximum absolute atomic E-state index is 5.58. The summed E-state index contributed by atoms with van der Waals surface area (Å²) in [7, 11) is 0. The maximum Gasteiger partial charge on any atom is 0.145 e. The molecule has 0 fully saturated rings. The second kappa shape index (κ2) is 12.2. The van der Waals surface area contributed by atoms with Crippen molar-refractivity contribution in [1.82, 2.24) is 9.55 Å². The molecule has 13 aromatic carbocycles. The zero-order chi connectivity index (χ0) is 39.8. The Hall–Kier alpha value is -8.07. The highest BCUT2D eigenvalue weighted by Crippen LogP contribution is 2.46. The summed E-state index contributed by atoms with van der Waals surface area (Å²) in [5.41, 5.74) is 9.17. The van der Waals surface area contributed by atoms with Crippen LogP contribution in [-0.2, 0) is 0 Å². The molecule has 0 aliphatic rings. The van der Waals surface area contributed by atoms with Gasteiger partial charge in [0, 0.05) is 22.0 Å². The number of fused-ring (bicyclic) bond motifs is 6. The highest BCUT2D eigenvalue weighted by molar-refractivity contribution is 6.29. The Bertz CT molecular complexity index is 4050. The lowest BCUT2D eigenvalue weighted by molar-refractivity contribution is 1.11. The fraction of sp³-hybridized carbons (Fsp3) is 0. The van der Waals surface area contributed by atoms with Crippen molar-refractivity contribution >= 4 is 97.2 Å². The van der Waals surface area contributed by atoms with Crippen LogP contribution < -0.4 is 0 Å². The number of aromatic nitrogens is 2. The van der Waals surface area contributed by atoms with Crippen LogP contribution in [0.2, 0.25) is 0 Å². The summed E-state index contributed by atoms with van der Waals surface area (Å²) in [4.78, 5) is 5.58. The van der Waals surface area contributed by atoms with E-state index in [0.717, 1.165) is 33.5 Å². The number of rotatable bonds is 4. The normalized spacial score (nSPS) is 12.3. The zero-order valence-electron chi connectivity index (χ0n) is 33.0. The van der Waals surface area contributed by atoms with Crippen LogP contribution in [0.25, 0.3) is 137 Å². The molecule has 0 amide bonds. The molecule has 0 radical (unpaired) electrons. The van der Waals surface area contributed by atoms with Gasteiger partial charge in [-0.15, -0.1) is 0 Å². The monoisotopic (exact) mass is 770 g/mol. The van der Waals surface area contributed by atoms with Crippen molar-refractivity contribution in [3.05, 3.63) is 206 Å². The van der Waals surface area contributed by atoms with Gasteiger partial charge in [0.2, 0.25) is 0 Å². The molecule has 61 heavy (non-hydrogen) atoms. The van der Waals surface area contributed by atoms with Crippen molar-refractivity contribution in [3.8, 4) is 39.3 Å². The van der Waals surface area contributed by atoms with Crippen LogP contribution in [0.4, 0.5) is 0 Å². The van der Waals surface area contributed by atoms with Gasteiger partial charge < -0.3 is 0 Å². The smallest absolute Gasteiger partial charge is 0.145 e. The second-order valence-corrected chi connectivity index (χ2v) is 16.6. The summed E-state index contributed by atoms with van der Waals surface area (Å²) in [6, 6.07) is 76.3. The Morgan fingerprint density at radius 2 is 0.738 bits per heavy atom. The van der Waals surface area contributed by atoms with E-state index in [1.165, 1.54) is 103 Å². The van der Waals surface area contributed by atoms with Gasteiger partial charge >= 0.3 is 0 Å². The zero-order valence-corrected chi connectivity index (χ0v) is 33.0. The van der Waals surface area contributed by atoms with Crippen LogP contribution >= 0.6 is 0 Å². The van der Waals surface area contributed by atoms with Gasteiger partial charge in [-0.05, 0) is 122 Å². The second-order valence-electron chi connectivity index (χ2n) is 16.6. The molecule has 0 saturated carbocycles. The first kappa shape index (κ1) is 32.8. The third-order valence-corrected chi connectivity index (χ3v) is 13.4. The quantitative estimate of drug-likeness (QED) is 0.163. The molecule has 0 spiro atoms. The Kier molecular flexibility index (Phi) is 6.59. The number of nitrogens with zero attached hydrogens (tertiary/aromatic N) is 2. The molecule has 1 heterocycles. The summed E-state index contributed by atoms with van der Waals surface area (Å²) in [5.74, 6) is 0.933. The molecular formula is C59H34N2. The lowest BCUT2D eigenvalue weighted by Gasteiger charge is -2.17. The number of imidazole rings is 1. The van der Waals surface area contributed by atoms with Crippen LogP contribution in [-0.4, -0.2) is 9.55 Å². The minimum absolute atomic E-state index is 0.933. The molecule has 0 unspecified atom stereocenters. The summed E-state index contributed by atoms with van der Waals surface area (Å²) in [6.07, 6.45) is 0. The standard InChI is InChI=1S/C59H34N2/c1-3-9-41(10-4-1)59-60-57-49-31-25-42(45-27-21-39-19-17-35-11-7-13-37-23-29-47(45)55(39)53(35)37)33-51(49)52-34-43(26-32-50(52)58(57)61(59)44-15-5-2-6-16-44)46-28-22-40-20-18-36-12-8-14-38-24-30-48(46)56(40)54(36)38/h1-34H. The fourth-order valence-electron chi connectivity index (χ4n) is 10.7. The Morgan fingerprint density at radius 3 is 1.30 bits per heavy atom. The van der Waals surface area contributed by atoms with Gasteiger partial charge in [0.25, 0.3) is 0 Å². The highest BCUT2D eigenvalue weighted by Gasteiger charge is 2.22. The predicted octanol–water partition coefficient (Wildman–Crippen LogP) is 16.1. The Balaban J connectivity index is 1.10. The van der Waals surface area contributed by atoms with E-state index >= 15 is 0 Å². The maximum atomic E-state index is 5.58. The average Bonchev–Trinajstić information content (AvgIpc) is 3.74. The first-order valence-corrected chi connectivity index (χ1v) is 21.1. The van der Waals surface area contributed by atoms with E-state index in [4.69, 9.17) is 4.98 Å². The van der Waals surface area contributed by atoms with E-state index in [0.29, 0.717) is 0 Å². The van der Waals surface area contributed by atoms with E-state index in [2.05, 4.69) is 211 Å². The number of hydrogen-bond acceptors (Lipinski definition) is 1. The third kappa shape index (κ3) is 4.59. The van der Waals surface area contributed by atoms with E-state index in [9.17, 15) is 0 Å². The molecule has 0 aliphatic heterocycles. The van der Waals surface area contributed by atoms with Crippen LogP contribution in [0.3, 0.4) is 0 Å². The van der Waals surface area contributed by atoms with E-state index in [-0.39, 0.29) is 0 Å². The first-order valence-electron chi connectivity index (χ1n) is 21.1. The molecular weight excluding hydrogens is 737 g/mol. The molecule has 280 valence electrons. The fourth-order valence-corrected chi connectivity index (χ4v) is 10.7. The van der Waals surface area contributed by atoms with Crippen molar-refractivity contribution in [1.29, 1.82) is 0 Å². The van der Waals surface area contributed by atoms with Gasteiger partial charge in [-0.1, -0.05) is 182 Å². The SMILES string of the molecule is c1ccc(-c2nc3c4ccc(-c5ccc6ccc7cccc8ccc5c6c78)cc4c4cc(-c5ccc6ccc7cccc8ccc5c6c78)ccc4c3n2-c2ccccc2)cc1. The summed E-state index contributed by atoms with van der Waals surface area (Å²) < 4.78 is 2.37. The number of benzene rings is 13. The molecule has 14 aromatic rings. The molecule has 0 atom stereocenters. The molecule has 0 saturated heterocycles.